The Morgan fingerprint density at radius 1 is 1.38 bits per heavy atom. The molecule has 2 N–H and O–H groups in total. The van der Waals surface area contributed by atoms with Gasteiger partial charge in [0.1, 0.15) is 0 Å². The minimum atomic E-state index is -3.03. The average Bonchev–Trinajstić information content (AvgIpc) is 2.95. The van der Waals surface area contributed by atoms with Crippen molar-refractivity contribution >= 4 is 21.7 Å². The smallest absolute Gasteiger partial charge is 0.310 e. The number of hydrogen-bond donors (Lipinski definition) is 2. The molecule has 3 unspecified atom stereocenters. The van der Waals surface area contributed by atoms with Crippen LogP contribution in [0.2, 0.25) is 0 Å². The molecular formula is C12H20N2O6S. The summed E-state index contributed by atoms with van der Waals surface area (Å²) in [5, 5.41) is 11.8. The summed E-state index contributed by atoms with van der Waals surface area (Å²) in [5.74, 6) is -1.80. The SMILES string of the molecule is CN(CC(=O)NC1CCS(=O)(=O)C1)C1COCC1C(=O)O. The Morgan fingerprint density at radius 2 is 2.10 bits per heavy atom. The van der Waals surface area contributed by atoms with Crippen molar-refractivity contribution in [1.29, 1.82) is 0 Å². The third-order valence-corrected chi connectivity index (χ3v) is 5.69. The second-order valence-electron chi connectivity index (χ2n) is 5.63. The number of nitrogens with zero attached hydrogens (tertiary/aromatic N) is 1. The molecule has 120 valence electrons. The van der Waals surface area contributed by atoms with E-state index in [-0.39, 0.29) is 49.3 Å². The topological polar surface area (TPSA) is 113 Å². The van der Waals surface area contributed by atoms with E-state index in [1.165, 1.54) is 0 Å². The van der Waals surface area contributed by atoms with Crippen LogP contribution >= 0.6 is 0 Å². The number of amides is 1. The number of carboxylic acid groups (broad SMARTS) is 1. The lowest BCUT2D eigenvalue weighted by Gasteiger charge is -2.26. The molecule has 3 atom stereocenters. The Hall–Kier alpha value is -1.19. The quantitative estimate of drug-likeness (QED) is 0.622. The lowest BCUT2D eigenvalue weighted by Crippen LogP contribution is -2.47. The summed E-state index contributed by atoms with van der Waals surface area (Å²) in [6.07, 6.45) is 0.433. The Bertz CT molecular complexity index is 520. The standard InChI is InChI=1S/C12H20N2O6S/c1-14(10-6-20-5-9(10)12(16)17)4-11(15)13-8-2-3-21(18,19)7-8/h8-10H,2-7H2,1H3,(H,13,15)(H,16,17). The number of likely N-dealkylation sites (N-methyl/N-ethyl adjacent to an activating group) is 1. The minimum Gasteiger partial charge on any atom is -0.481 e. The molecular weight excluding hydrogens is 300 g/mol. The van der Waals surface area contributed by atoms with Gasteiger partial charge >= 0.3 is 5.97 Å². The van der Waals surface area contributed by atoms with Gasteiger partial charge in [-0.15, -0.1) is 0 Å². The first kappa shape index (κ1) is 16.2. The van der Waals surface area contributed by atoms with Crippen molar-refractivity contribution in [2.45, 2.75) is 18.5 Å². The van der Waals surface area contributed by atoms with Gasteiger partial charge in [-0.1, -0.05) is 0 Å². The first-order chi connectivity index (χ1) is 9.78. The fourth-order valence-corrected chi connectivity index (χ4v) is 4.41. The molecule has 0 aromatic heterocycles. The predicted molar refractivity (Wildman–Crippen MR) is 73.6 cm³/mol. The zero-order chi connectivity index (χ0) is 15.6. The third-order valence-electron chi connectivity index (χ3n) is 3.92. The molecule has 1 amide bonds. The number of hydrogen-bond acceptors (Lipinski definition) is 6. The van der Waals surface area contributed by atoms with Crippen LogP contribution in [0.15, 0.2) is 0 Å². The zero-order valence-corrected chi connectivity index (χ0v) is 12.6. The van der Waals surface area contributed by atoms with Crippen molar-refractivity contribution in [1.82, 2.24) is 10.2 Å². The van der Waals surface area contributed by atoms with E-state index < -0.39 is 21.7 Å². The third kappa shape index (κ3) is 4.14. The molecule has 9 heteroatoms. The maximum absolute atomic E-state index is 11.9. The van der Waals surface area contributed by atoms with Gasteiger partial charge in [0.2, 0.25) is 5.91 Å². The van der Waals surface area contributed by atoms with Gasteiger partial charge in [-0.05, 0) is 13.5 Å². The van der Waals surface area contributed by atoms with Crippen molar-refractivity contribution < 1.29 is 27.9 Å². The van der Waals surface area contributed by atoms with Crippen LogP contribution in [0.25, 0.3) is 0 Å². The average molecular weight is 320 g/mol. The monoisotopic (exact) mass is 320 g/mol. The Labute approximate surface area is 123 Å². The van der Waals surface area contributed by atoms with E-state index in [1.54, 1.807) is 11.9 Å². The van der Waals surface area contributed by atoms with Gasteiger partial charge in [0.05, 0.1) is 37.2 Å². The fourth-order valence-electron chi connectivity index (χ4n) is 2.74. The van der Waals surface area contributed by atoms with Gasteiger partial charge in [-0.25, -0.2) is 8.42 Å². The van der Waals surface area contributed by atoms with Gasteiger partial charge in [0, 0.05) is 12.1 Å². The summed E-state index contributed by atoms with van der Waals surface area (Å²) in [7, 11) is -1.36. The highest BCUT2D eigenvalue weighted by Gasteiger charge is 2.37. The van der Waals surface area contributed by atoms with E-state index in [0.717, 1.165) is 0 Å². The van der Waals surface area contributed by atoms with Crippen LogP contribution in [0.5, 0.6) is 0 Å². The van der Waals surface area contributed by atoms with E-state index in [4.69, 9.17) is 9.84 Å². The first-order valence-corrected chi connectivity index (χ1v) is 8.61. The summed E-state index contributed by atoms with van der Waals surface area (Å²) >= 11 is 0. The lowest BCUT2D eigenvalue weighted by molar-refractivity contribution is -0.143. The molecule has 2 fully saturated rings. The van der Waals surface area contributed by atoms with E-state index in [0.29, 0.717) is 6.42 Å². The Balaban J connectivity index is 1.83. The van der Waals surface area contributed by atoms with Gasteiger partial charge in [0.25, 0.3) is 0 Å². The number of nitrogens with one attached hydrogen (secondary N) is 1. The minimum absolute atomic E-state index is 0.0211. The van der Waals surface area contributed by atoms with Crippen molar-refractivity contribution in [3.63, 3.8) is 0 Å². The van der Waals surface area contributed by atoms with Gasteiger partial charge < -0.3 is 15.2 Å². The molecule has 0 aromatic rings. The van der Waals surface area contributed by atoms with Crippen LogP contribution in [0, 0.1) is 5.92 Å². The normalized spacial score (nSPS) is 31.4. The molecule has 2 rings (SSSR count). The summed E-state index contributed by atoms with van der Waals surface area (Å²) in [6, 6.07) is -0.688. The number of carbonyl (C=O) groups excluding carboxylic acids is 1. The van der Waals surface area contributed by atoms with Crippen LogP contribution in [0.4, 0.5) is 0 Å². The molecule has 2 aliphatic rings. The number of ether oxygens (including phenoxy) is 1. The largest absolute Gasteiger partial charge is 0.481 e. The van der Waals surface area contributed by atoms with Crippen LogP contribution in [-0.4, -0.2) is 80.7 Å². The maximum Gasteiger partial charge on any atom is 0.310 e. The van der Waals surface area contributed by atoms with Crippen molar-refractivity contribution in [3.8, 4) is 0 Å². The van der Waals surface area contributed by atoms with Gasteiger partial charge in [-0.2, -0.15) is 0 Å². The van der Waals surface area contributed by atoms with Crippen LogP contribution in [-0.2, 0) is 24.2 Å². The van der Waals surface area contributed by atoms with E-state index in [9.17, 15) is 18.0 Å². The lowest BCUT2D eigenvalue weighted by atomic mass is 10.0. The highest BCUT2D eigenvalue weighted by molar-refractivity contribution is 7.91. The molecule has 2 saturated heterocycles. The highest BCUT2D eigenvalue weighted by Crippen LogP contribution is 2.19. The summed E-state index contributed by atoms with van der Waals surface area (Å²) in [6.45, 7) is 0.444. The van der Waals surface area contributed by atoms with Gasteiger partial charge in [0.15, 0.2) is 9.84 Å². The summed E-state index contributed by atoms with van der Waals surface area (Å²) in [5.41, 5.74) is 0. The highest BCUT2D eigenvalue weighted by atomic mass is 32.2. The van der Waals surface area contributed by atoms with E-state index in [1.807, 2.05) is 0 Å². The molecule has 8 nitrogen and oxygen atoms in total. The zero-order valence-electron chi connectivity index (χ0n) is 11.8. The number of rotatable bonds is 5. The number of carbonyl (C=O) groups is 2. The second kappa shape index (κ2) is 6.29. The van der Waals surface area contributed by atoms with Crippen molar-refractivity contribution in [3.05, 3.63) is 0 Å². The van der Waals surface area contributed by atoms with Gasteiger partial charge in [-0.3, -0.25) is 14.5 Å². The maximum atomic E-state index is 11.9. The Kier molecular flexibility index (Phi) is 4.84. The molecule has 0 radical (unpaired) electrons. The second-order valence-corrected chi connectivity index (χ2v) is 7.86. The number of aliphatic carboxylic acids is 1. The molecule has 0 bridgehead atoms. The molecule has 0 saturated carbocycles. The summed E-state index contributed by atoms with van der Waals surface area (Å²) < 4.78 is 27.8. The predicted octanol–water partition coefficient (Wildman–Crippen LogP) is -1.68. The fraction of sp³-hybridized carbons (Fsp3) is 0.833. The van der Waals surface area contributed by atoms with Crippen LogP contribution in [0.3, 0.4) is 0 Å². The van der Waals surface area contributed by atoms with Crippen LogP contribution in [0.1, 0.15) is 6.42 Å². The molecule has 21 heavy (non-hydrogen) atoms. The van der Waals surface area contributed by atoms with Crippen molar-refractivity contribution in [2.75, 3.05) is 38.3 Å². The molecule has 2 heterocycles. The van der Waals surface area contributed by atoms with E-state index in [2.05, 4.69) is 5.32 Å². The summed E-state index contributed by atoms with van der Waals surface area (Å²) in [4.78, 5) is 24.6. The van der Waals surface area contributed by atoms with Crippen LogP contribution < -0.4 is 5.32 Å². The van der Waals surface area contributed by atoms with Crippen molar-refractivity contribution in [2.24, 2.45) is 5.92 Å². The number of carboxylic acids is 1. The number of sulfone groups is 1. The molecule has 0 aromatic carbocycles. The first-order valence-electron chi connectivity index (χ1n) is 6.79. The molecule has 0 aliphatic carbocycles. The molecule has 0 spiro atoms. The Morgan fingerprint density at radius 3 is 2.67 bits per heavy atom. The van der Waals surface area contributed by atoms with E-state index >= 15 is 0 Å². The molecule has 2 aliphatic heterocycles.